The third kappa shape index (κ3) is 4.98. The van der Waals surface area contributed by atoms with Crippen molar-refractivity contribution in [2.45, 2.75) is 84.5 Å². The lowest BCUT2D eigenvalue weighted by atomic mass is 9.83. The van der Waals surface area contributed by atoms with Gasteiger partial charge in [0.05, 0.1) is 7.05 Å². The molecule has 0 bridgehead atoms. The van der Waals surface area contributed by atoms with Gasteiger partial charge in [0.2, 0.25) is 0 Å². The SMILES string of the molecule is Cc1ccc2c(oc3ccc(-c4cccc(C5CCCCC5)c4)cc32)c1-c1n(-c2c(C(C)C)cccc2C(C)C)c2ccccc2[n+]1C. The molecule has 0 N–H and O–H groups in total. The summed E-state index contributed by atoms with van der Waals surface area (Å²) in [7, 11) is 2.21. The number of benzene rings is 5. The van der Waals surface area contributed by atoms with E-state index in [1.807, 2.05) is 0 Å². The number of nitrogens with zero attached hydrogens (tertiary/aromatic N) is 2. The molecule has 1 saturated carbocycles. The van der Waals surface area contributed by atoms with E-state index in [4.69, 9.17) is 4.42 Å². The molecular weight excluding hydrogens is 585 g/mol. The van der Waals surface area contributed by atoms with Gasteiger partial charge in [-0.05, 0) is 84.0 Å². The largest absolute Gasteiger partial charge is 0.455 e. The van der Waals surface area contributed by atoms with Gasteiger partial charge in [-0.2, -0.15) is 4.57 Å². The van der Waals surface area contributed by atoms with Crippen LogP contribution in [0, 0.1) is 6.92 Å². The lowest BCUT2D eigenvalue weighted by molar-refractivity contribution is -0.633. The molecule has 0 aliphatic heterocycles. The highest BCUT2D eigenvalue weighted by atomic mass is 16.3. The maximum atomic E-state index is 6.90. The van der Waals surface area contributed by atoms with Gasteiger partial charge in [0.25, 0.3) is 5.82 Å². The molecule has 8 rings (SSSR count). The number of rotatable bonds is 6. The van der Waals surface area contributed by atoms with Gasteiger partial charge < -0.3 is 4.42 Å². The van der Waals surface area contributed by atoms with Crippen LogP contribution >= 0.6 is 0 Å². The molecule has 3 nitrogen and oxygen atoms in total. The molecule has 48 heavy (non-hydrogen) atoms. The summed E-state index contributed by atoms with van der Waals surface area (Å²) in [4.78, 5) is 0. The average molecular weight is 632 g/mol. The number of hydrogen-bond donors (Lipinski definition) is 0. The van der Waals surface area contributed by atoms with E-state index < -0.39 is 0 Å². The number of fused-ring (bicyclic) bond motifs is 4. The molecule has 3 heteroatoms. The zero-order chi connectivity index (χ0) is 33.1. The van der Waals surface area contributed by atoms with Gasteiger partial charge in [-0.15, -0.1) is 0 Å². The Morgan fingerprint density at radius 2 is 1.42 bits per heavy atom. The zero-order valence-electron chi connectivity index (χ0n) is 29.3. The third-order valence-electron chi connectivity index (χ3n) is 10.9. The number of furan rings is 1. The Labute approximate surface area is 284 Å². The zero-order valence-corrected chi connectivity index (χ0v) is 29.3. The van der Waals surface area contributed by atoms with Crippen LogP contribution in [0.3, 0.4) is 0 Å². The quantitative estimate of drug-likeness (QED) is 0.167. The van der Waals surface area contributed by atoms with Gasteiger partial charge in [0.15, 0.2) is 16.6 Å². The predicted octanol–water partition coefficient (Wildman–Crippen LogP) is 12.3. The minimum atomic E-state index is 0.371. The van der Waals surface area contributed by atoms with E-state index in [2.05, 4.69) is 148 Å². The maximum absolute atomic E-state index is 6.90. The fourth-order valence-corrected chi connectivity index (χ4v) is 8.40. The summed E-state index contributed by atoms with van der Waals surface area (Å²) in [6.07, 6.45) is 6.70. The Morgan fingerprint density at radius 3 is 2.17 bits per heavy atom. The van der Waals surface area contributed by atoms with Crippen molar-refractivity contribution in [3.8, 4) is 28.2 Å². The number of hydrogen-bond acceptors (Lipinski definition) is 1. The van der Waals surface area contributed by atoms with Crippen molar-refractivity contribution in [3.63, 3.8) is 0 Å². The fourth-order valence-electron chi connectivity index (χ4n) is 8.40. The molecular formula is C45H47N2O+. The van der Waals surface area contributed by atoms with E-state index in [0.717, 1.165) is 27.9 Å². The molecule has 242 valence electrons. The van der Waals surface area contributed by atoms with Crippen LogP contribution < -0.4 is 4.57 Å². The van der Waals surface area contributed by atoms with Crippen LogP contribution in [0.1, 0.15) is 99.8 Å². The van der Waals surface area contributed by atoms with E-state index >= 15 is 0 Å². The second-order valence-electron chi connectivity index (χ2n) is 14.7. The molecule has 1 fully saturated rings. The van der Waals surface area contributed by atoms with Crippen LogP contribution in [0.15, 0.2) is 101 Å². The topological polar surface area (TPSA) is 21.9 Å². The lowest BCUT2D eigenvalue weighted by Crippen LogP contribution is -2.30. The number of aromatic nitrogens is 2. The fraction of sp³-hybridized carbons (Fsp3) is 0.311. The van der Waals surface area contributed by atoms with Crippen molar-refractivity contribution in [1.29, 1.82) is 0 Å². The second kappa shape index (κ2) is 12.1. The Bertz CT molecular complexity index is 2280. The molecule has 0 spiro atoms. The predicted molar refractivity (Wildman–Crippen MR) is 201 cm³/mol. The number of imidazole rings is 1. The van der Waals surface area contributed by atoms with Gasteiger partial charge >= 0.3 is 0 Å². The number of aryl methyl sites for hydroxylation is 2. The summed E-state index contributed by atoms with van der Waals surface area (Å²) in [6, 6.07) is 36.3. The molecule has 7 aromatic rings. The Morgan fingerprint density at radius 1 is 0.708 bits per heavy atom. The normalized spacial score (nSPS) is 14.3. The van der Waals surface area contributed by atoms with Crippen molar-refractivity contribution in [1.82, 2.24) is 4.57 Å². The van der Waals surface area contributed by atoms with Gasteiger partial charge in [-0.3, -0.25) is 0 Å². The van der Waals surface area contributed by atoms with Crippen LogP contribution in [0.5, 0.6) is 0 Å². The van der Waals surface area contributed by atoms with Crippen LogP contribution in [0.25, 0.3) is 61.2 Å². The monoisotopic (exact) mass is 631 g/mol. The smallest absolute Gasteiger partial charge is 0.299 e. The maximum Gasteiger partial charge on any atom is 0.299 e. The first-order valence-electron chi connectivity index (χ1n) is 18.0. The van der Waals surface area contributed by atoms with Crippen LogP contribution in [-0.2, 0) is 7.05 Å². The van der Waals surface area contributed by atoms with Crippen molar-refractivity contribution < 1.29 is 8.98 Å². The first-order chi connectivity index (χ1) is 23.3. The first kappa shape index (κ1) is 30.7. The standard InChI is InChI=1S/C45H47N2O/c1-28(2)35-18-13-19-36(29(3)4)43(35)47-40-21-11-10-20-39(40)46(6)45(47)42-30(5)22-24-37-38-27-34(23-25-41(38)48-44(37)42)33-17-12-16-32(26-33)31-14-8-7-9-15-31/h10-13,16-29,31H,7-9,14-15H2,1-6H3/q+1. The molecule has 2 heterocycles. The van der Waals surface area contributed by atoms with Crippen molar-refractivity contribution in [2.24, 2.45) is 7.05 Å². The summed E-state index contributed by atoms with van der Waals surface area (Å²) in [5.74, 6) is 2.58. The van der Waals surface area contributed by atoms with E-state index in [-0.39, 0.29) is 0 Å². The minimum Gasteiger partial charge on any atom is -0.455 e. The lowest BCUT2D eigenvalue weighted by Gasteiger charge is -2.22. The molecule has 0 atom stereocenters. The highest BCUT2D eigenvalue weighted by Crippen LogP contribution is 2.43. The highest BCUT2D eigenvalue weighted by Gasteiger charge is 2.33. The Balaban J connectivity index is 1.37. The van der Waals surface area contributed by atoms with Crippen LogP contribution in [0.2, 0.25) is 0 Å². The molecule has 0 saturated heterocycles. The van der Waals surface area contributed by atoms with Gasteiger partial charge in [0, 0.05) is 21.9 Å². The van der Waals surface area contributed by atoms with E-state index in [0.29, 0.717) is 17.8 Å². The molecule has 0 amide bonds. The van der Waals surface area contributed by atoms with Crippen molar-refractivity contribution >= 4 is 33.0 Å². The van der Waals surface area contributed by atoms with Crippen LogP contribution in [-0.4, -0.2) is 4.57 Å². The number of para-hydroxylation sites is 3. The Hall–Kier alpha value is -4.63. The minimum absolute atomic E-state index is 0.371. The van der Waals surface area contributed by atoms with E-state index in [1.54, 1.807) is 0 Å². The van der Waals surface area contributed by atoms with Gasteiger partial charge in [0.1, 0.15) is 16.8 Å². The van der Waals surface area contributed by atoms with Crippen LogP contribution in [0.4, 0.5) is 0 Å². The molecule has 0 radical (unpaired) electrons. The Kier molecular flexibility index (Phi) is 7.74. The summed E-state index contributed by atoms with van der Waals surface area (Å²) in [5, 5.41) is 2.33. The highest BCUT2D eigenvalue weighted by molar-refractivity contribution is 6.11. The molecule has 0 unspecified atom stereocenters. The summed E-state index contributed by atoms with van der Waals surface area (Å²) in [6.45, 7) is 11.5. The molecule has 5 aromatic carbocycles. The van der Waals surface area contributed by atoms with Crippen molar-refractivity contribution in [3.05, 3.63) is 119 Å². The molecule has 1 aliphatic carbocycles. The van der Waals surface area contributed by atoms with Crippen molar-refractivity contribution in [2.75, 3.05) is 0 Å². The van der Waals surface area contributed by atoms with Gasteiger partial charge in [-0.25, -0.2) is 4.57 Å². The van der Waals surface area contributed by atoms with E-state index in [9.17, 15) is 0 Å². The molecule has 2 aromatic heterocycles. The summed E-state index contributed by atoms with van der Waals surface area (Å²) in [5.41, 5.74) is 14.7. The first-order valence-corrected chi connectivity index (χ1v) is 18.0. The summed E-state index contributed by atoms with van der Waals surface area (Å²) < 4.78 is 11.8. The third-order valence-corrected chi connectivity index (χ3v) is 10.9. The molecule has 1 aliphatic rings. The van der Waals surface area contributed by atoms with E-state index in [1.165, 1.54) is 87.6 Å². The van der Waals surface area contributed by atoms with Gasteiger partial charge in [-0.1, -0.05) is 120 Å². The average Bonchev–Trinajstić information content (AvgIpc) is 3.62. The summed E-state index contributed by atoms with van der Waals surface area (Å²) >= 11 is 0. The second-order valence-corrected chi connectivity index (χ2v) is 14.7.